The van der Waals surface area contributed by atoms with Gasteiger partial charge in [0.2, 0.25) is 11.8 Å². The van der Waals surface area contributed by atoms with E-state index in [4.69, 9.17) is 4.74 Å². The molecule has 2 atom stereocenters. The molecule has 0 spiro atoms. The molecule has 2 aromatic heterocycles. The number of piperazine rings is 1. The molecule has 4 saturated heterocycles. The van der Waals surface area contributed by atoms with Gasteiger partial charge in [0.25, 0.3) is 0 Å². The maximum absolute atomic E-state index is 15.8. The van der Waals surface area contributed by atoms with Gasteiger partial charge in [0.05, 0.1) is 16.5 Å². The molecule has 0 radical (unpaired) electrons. The van der Waals surface area contributed by atoms with Gasteiger partial charge in [-0.05, 0) is 70.6 Å². The van der Waals surface area contributed by atoms with Crippen LogP contribution in [0, 0.1) is 11.7 Å². The number of anilines is 1. The number of ether oxygens (including phenoxy) is 1. The first-order chi connectivity index (χ1) is 23.6. The average Bonchev–Trinajstić information content (AvgIpc) is 3.59. The maximum Gasteiger partial charge on any atom is 0.327 e. The smallest absolute Gasteiger partial charge is 0.327 e. The van der Waals surface area contributed by atoms with Gasteiger partial charge in [0.15, 0.2) is 5.65 Å². The van der Waals surface area contributed by atoms with Gasteiger partial charge in [-0.2, -0.15) is 0 Å². The Labute approximate surface area is 291 Å². The summed E-state index contributed by atoms with van der Waals surface area (Å²) < 4.78 is 23.2. The van der Waals surface area contributed by atoms with E-state index in [9.17, 15) is 14.4 Å². The van der Waals surface area contributed by atoms with Crippen LogP contribution in [0.15, 0.2) is 41.3 Å². The highest BCUT2D eigenvalue weighted by molar-refractivity contribution is 8.01. The zero-order chi connectivity index (χ0) is 34.3. The number of rotatable bonds is 7. The van der Waals surface area contributed by atoms with Gasteiger partial charge < -0.3 is 19.4 Å². The molecule has 13 heteroatoms. The lowest BCUT2D eigenvalue weighted by Gasteiger charge is -2.44. The molecular weight excluding hydrogens is 646 g/mol. The number of pyridine rings is 1. The van der Waals surface area contributed by atoms with E-state index in [1.54, 1.807) is 16.8 Å². The Kier molecular flexibility index (Phi) is 9.77. The quantitative estimate of drug-likeness (QED) is 0.388. The maximum atomic E-state index is 15.8. The number of H-pyrrole nitrogens is 1. The third-order valence-corrected chi connectivity index (χ3v) is 12.3. The first kappa shape index (κ1) is 34.0. The number of nitrogens with one attached hydrogen (secondary N) is 1. The molecule has 11 nitrogen and oxygen atoms in total. The predicted octanol–water partition coefficient (Wildman–Crippen LogP) is 4.41. The molecule has 0 saturated carbocycles. The molecule has 4 fully saturated rings. The second-order valence-electron chi connectivity index (χ2n) is 14.8. The van der Waals surface area contributed by atoms with E-state index in [0.29, 0.717) is 76.0 Å². The number of benzene rings is 1. The second kappa shape index (κ2) is 14.1. The Morgan fingerprint density at radius 2 is 1.73 bits per heavy atom. The molecule has 1 aromatic carbocycles. The molecule has 7 rings (SSSR count). The third-order valence-electron chi connectivity index (χ3n) is 10.8. The lowest BCUT2D eigenvalue weighted by molar-refractivity contribution is -0.137. The average molecular weight is 694 g/mol. The standard InChI is InChI=1S/C36H48FN7O4S/c1-36(2,3)42-18-16-41(17-19-42)31-26(6-4-7-27(31)37)34-43(23-24-11-20-48-21-12-24)33(46)29(49-34)22-30(45)40-14-9-25(10-15-40)44-28-8-5-13-38-32(28)39-35(44)47/h4-8,13,24-25,29,34H,9-12,14-23H2,1-3H3,(H,38,39,47)/t29-,34?/m1/s1. The zero-order valence-electron chi connectivity index (χ0n) is 28.8. The Balaban J connectivity index is 1.08. The summed E-state index contributed by atoms with van der Waals surface area (Å²) in [6.07, 6.45) is 4.80. The summed E-state index contributed by atoms with van der Waals surface area (Å²) in [5.74, 6) is -0.0741. The van der Waals surface area contributed by atoms with Crippen LogP contribution in [0.4, 0.5) is 10.1 Å². The fourth-order valence-electron chi connectivity index (χ4n) is 8.01. The number of fused-ring (bicyclic) bond motifs is 1. The fourth-order valence-corrected chi connectivity index (χ4v) is 9.48. The number of carbonyl (C=O) groups is 2. The summed E-state index contributed by atoms with van der Waals surface area (Å²) in [4.78, 5) is 56.2. The number of para-hydroxylation sites is 1. The van der Waals surface area contributed by atoms with Crippen molar-refractivity contribution in [3.05, 3.63) is 58.4 Å². The van der Waals surface area contributed by atoms with Crippen molar-refractivity contribution in [1.82, 2.24) is 29.2 Å². The Morgan fingerprint density at radius 1 is 1.00 bits per heavy atom. The van der Waals surface area contributed by atoms with Gasteiger partial charge in [0, 0.05) is 88.8 Å². The summed E-state index contributed by atoms with van der Waals surface area (Å²) in [5.41, 5.74) is 2.58. The van der Waals surface area contributed by atoms with Crippen LogP contribution >= 0.6 is 11.8 Å². The van der Waals surface area contributed by atoms with Crippen molar-refractivity contribution in [3.63, 3.8) is 0 Å². The van der Waals surface area contributed by atoms with Crippen LogP contribution in [-0.4, -0.2) is 111 Å². The molecule has 3 aromatic rings. The Hall–Kier alpha value is -3.42. The second-order valence-corrected chi connectivity index (χ2v) is 16.1. The number of likely N-dealkylation sites (tertiary alicyclic amines) is 1. The van der Waals surface area contributed by atoms with Crippen LogP contribution < -0.4 is 10.6 Å². The van der Waals surface area contributed by atoms with Gasteiger partial charge in [0.1, 0.15) is 11.2 Å². The molecule has 4 aliphatic rings. The molecular formula is C36H48FN7O4S. The minimum atomic E-state index is -0.550. The van der Waals surface area contributed by atoms with Crippen molar-refractivity contribution in [2.45, 2.75) is 75.1 Å². The van der Waals surface area contributed by atoms with Gasteiger partial charge >= 0.3 is 5.69 Å². The summed E-state index contributed by atoms with van der Waals surface area (Å²) in [6.45, 7) is 12.6. The largest absolute Gasteiger partial charge is 0.381 e. The minimum Gasteiger partial charge on any atom is -0.381 e. The SMILES string of the molecule is CC(C)(C)N1CCN(c2c(F)cccc2C2S[C@H](CC(=O)N3CCC(n4c(=O)[nH]c5ncccc54)CC3)C(=O)N2CC2CCOCC2)CC1. The minimum absolute atomic E-state index is 0.0343. The predicted molar refractivity (Wildman–Crippen MR) is 189 cm³/mol. The van der Waals surface area contributed by atoms with Crippen LogP contribution in [0.3, 0.4) is 0 Å². The monoisotopic (exact) mass is 693 g/mol. The molecule has 6 heterocycles. The highest BCUT2D eigenvalue weighted by Crippen LogP contribution is 2.48. The molecule has 0 aliphatic carbocycles. The van der Waals surface area contributed by atoms with Crippen molar-refractivity contribution in [1.29, 1.82) is 0 Å². The van der Waals surface area contributed by atoms with Crippen LogP contribution in [0.25, 0.3) is 11.2 Å². The number of hydrogen-bond acceptors (Lipinski definition) is 8. The molecule has 1 N–H and O–H groups in total. The van der Waals surface area contributed by atoms with Crippen LogP contribution in [-0.2, 0) is 14.3 Å². The van der Waals surface area contributed by atoms with Crippen LogP contribution in [0.5, 0.6) is 0 Å². The molecule has 1 unspecified atom stereocenters. The van der Waals surface area contributed by atoms with Crippen molar-refractivity contribution < 1.29 is 18.7 Å². The van der Waals surface area contributed by atoms with Gasteiger partial charge in [-0.3, -0.25) is 24.0 Å². The molecule has 49 heavy (non-hydrogen) atoms. The summed E-state index contributed by atoms with van der Waals surface area (Å²) in [6, 6.07) is 8.90. The van der Waals surface area contributed by atoms with E-state index in [0.717, 1.165) is 37.0 Å². The zero-order valence-corrected chi connectivity index (χ0v) is 29.6. The van der Waals surface area contributed by atoms with Crippen molar-refractivity contribution >= 4 is 40.4 Å². The van der Waals surface area contributed by atoms with Gasteiger partial charge in [-0.1, -0.05) is 12.1 Å². The number of imidazole rings is 1. The Bertz CT molecular complexity index is 1720. The number of halogens is 1. The highest BCUT2D eigenvalue weighted by atomic mass is 32.2. The summed E-state index contributed by atoms with van der Waals surface area (Å²) >= 11 is 1.49. The number of amides is 2. The van der Waals surface area contributed by atoms with E-state index in [1.165, 1.54) is 17.8 Å². The third kappa shape index (κ3) is 6.98. The van der Waals surface area contributed by atoms with E-state index in [-0.39, 0.29) is 46.7 Å². The summed E-state index contributed by atoms with van der Waals surface area (Å²) in [7, 11) is 0. The highest BCUT2D eigenvalue weighted by Gasteiger charge is 2.45. The van der Waals surface area contributed by atoms with Crippen LogP contribution in [0.2, 0.25) is 0 Å². The summed E-state index contributed by atoms with van der Waals surface area (Å²) in [5, 5.41) is -0.932. The first-order valence-corrected chi connectivity index (χ1v) is 18.7. The Morgan fingerprint density at radius 3 is 2.45 bits per heavy atom. The van der Waals surface area contributed by atoms with E-state index < -0.39 is 5.25 Å². The fraction of sp³-hybridized carbons (Fsp3) is 0.611. The van der Waals surface area contributed by atoms with Crippen molar-refractivity contribution in [2.75, 3.05) is 63.9 Å². The van der Waals surface area contributed by atoms with Crippen LogP contribution in [0.1, 0.15) is 69.9 Å². The number of aromatic amines is 1. The van der Waals surface area contributed by atoms with E-state index in [2.05, 4.69) is 40.5 Å². The molecule has 4 aliphatic heterocycles. The number of carbonyl (C=O) groups excluding carboxylic acids is 2. The molecule has 264 valence electrons. The van der Waals surface area contributed by atoms with Gasteiger partial charge in [-0.25, -0.2) is 14.2 Å². The number of piperidine rings is 1. The van der Waals surface area contributed by atoms with Crippen molar-refractivity contribution in [2.24, 2.45) is 5.92 Å². The lowest BCUT2D eigenvalue weighted by Crippen LogP contribution is -2.53. The number of thioether (sulfide) groups is 1. The molecule has 0 bridgehead atoms. The van der Waals surface area contributed by atoms with Crippen molar-refractivity contribution in [3.8, 4) is 0 Å². The number of nitrogens with zero attached hydrogens (tertiary/aromatic N) is 6. The number of aromatic nitrogens is 3. The normalized spacial score (nSPS) is 23.6. The lowest BCUT2D eigenvalue weighted by atomic mass is 9.98. The van der Waals surface area contributed by atoms with E-state index >= 15 is 4.39 Å². The van der Waals surface area contributed by atoms with Gasteiger partial charge in [-0.15, -0.1) is 11.8 Å². The van der Waals surface area contributed by atoms with E-state index in [1.807, 2.05) is 28.0 Å². The topological polar surface area (TPSA) is 107 Å². The first-order valence-electron chi connectivity index (χ1n) is 17.7. The molecule has 2 amide bonds. The number of hydrogen-bond donors (Lipinski definition) is 1.